The van der Waals surface area contributed by atoms with Gasteiger partial charge in [0.1, 0.15) is 0 Å². The summed E-state index contributed by atoms with van der Waals surface area (Å²) in [5.41, 5.74) is -5.53. The van der Waals surface area contributed by atoms with Gasteiger partial charge in [-0.1, -0.05) is 38.7 Å². The van der Waals surface area contributed by atoms with Gasteiger partial charge in [0.05, 0.1) is 0 Å². The van der Waals surface area contributed by atoms with Gasteiger partial charge in [0.15, 0.2) is 0 Å². The Morgan fingerprint density at radius 2 is 1.75 bits per heavy atom. The molecule has 0 bridgehead atoms. The summed E-state index contributed by atoms with van der Waals surface area (Å²) in [5.74, 6) is 0. The highest BCUT2D eigenvalue weighted by Gasteiger charge is 2.44. The van der Waals surface area contributed by atoms with E-state index in [0.717, 1.165) is 0 Å². The summed E-state index contributed by atoms with van der Waals surface area (Å²) in [6.45, 7) is 4.80. The molecular weight excluding hydrogens is 295 g/mol. The number of halogens is 3. The third-order valence-corrected chi connectivity index (χ3v) is 3.33. The molecule has 1 heterocycles. The average molecular weight is 317 g/mol. The smallest absolute Gasteiger partial charge is 0.377 e. The molecule has 8 heteroatoms. The topological polar surface area (TPSA) is 57.6 Å². The highest BCUT2D eigenvalue weighted by molar-refractivity contribution is 7.86. The minimum atomic E-state index is -5.84. The van der Waals surface area contributed by atoms with Crippen molar-refractivity contribution >= 4 is 10.1 Å². The van der Waals surface area contributed by atoms with Gasteiger partial charge in [-0.3, -0.25) is 4.55 Å². The maximum Gasteiger partial charge on any atom is 0.522 e. The molecule has 0 radical (unpaired) electrons. The molecule has 1 rings (SSSR count). The molecule has 0 amide bonds. The first-order valence-corrected chi connectivity index (χ1v) is 8.07. The number of alkyl halides is 3. The predicted octanol–water partition coefficient (Wildman–Crippen LogP) is 3.57. The molecule has 0 aromatic rings. The van der Waals surface area contributed by atoms with Crippen LogP contribution in [0.25, 0.3) is 0 Å². The number of rotatable bonds is 6. The molecule has 0 fully saturated rings. The third-order valence-electron chi connectivity index (χ3n) is 2.74. The molecule has 4 nitrogen and oxygen atoms in total. The van der Waals surface area contributed by atoms with Gasteiger partial charge in [-0.15, -0.1) is 0 Å². The first-order valence-electron chi connectivity index (χ1n) is 6.63. The summed E-state index contributed by atoms with van der Waals surface area (Å²) in [7, 11) is -5.84. The van der Waals surface area contributed by atoms with Crippen molar-refractivity contribution in [1.82, 2.24) is 4.90 Å². The van der Waals surface area contributed by atoms with Crippen LogP contribution in [-0.2, 0) is 10.1 Å². The van der Waals surface area contributed by atoms with Crippen LogP contribution in [0.4, 0.5) is 13.2 Å². The first kappa shape index (κ1) is 19.2. The molecule has 0 aliphatic carbocycles. The first-order chi connectivity index (χ1) is 9.18. The monoisotopic (exact) mass is 317 g/mol. The fourth-order valence-corrected chi connectivity index (χ4v) is 1.64. The Balaban J connectivity index is 0.000000396. The van der Waals surface area contributed by atoms with E-state index in [9.17, 15) is 13.2 Å². The summed E-state index contributed by atoms with van der Waals surface area (Å²) in [6.07, 6.45) is 12.8. The normalized spacial score (nSPS) is 15.2. The van der Waals surface area contributed by atoms with Crippen LogP contribution < -0.4 is 0 Å². The van der Waals surface area contributed by atoms with Crippen LogP contribution in [0.2, 0.25) is 0 Å². The molecular formula is C12H22F3NO3S. The molecule has 120 valence electrons. The van der Waals surface area contributed by atoms with Crippen LogP contribution in [-0.4, -0.2) is 36.5 Å². The van der Waals surface area contributed by atoms with Gasteiger partial charge in [-0.25, -0.2) is 0 Å². The van der Waals surface area contributed by atoms with Crippen molar-refractivity contribution in [3.8, 4) is 0 Å². The zero-order valence-electron chi connectivity index (χ0n) is 11.6. The highest BCUT2D eigenvalue weighted by Crippen LogP contribution is 2.20. The van der Waals surface area contributed by atoms with E-state index < -0.39 is 15.6 Å². The van der Waals surface area contributed by atoms with Gasteiger partial charge in [0.25, 0.3) is 0 Å². The Hall–Kier alpha value is -0.760. The van der Waals surface area contributed by atoms with E-state index in [1.54, 1.807) is 0 Å². The third kappa shape index (κ3) is 9.19. The summed E-state index contributed by atoms with van der Waals surface area (Å²) in [4.78, 5) is 2.44. The van der Waals surface area contributed by atoms with Gasteiger partial charge in [0.2, 0.25) is 0 Å². The Morgan fingerprint density at radius 1 is 1.20 bits per heavy atom. The quantitative estimate of drug-likeness (QED) is 0.462. The van der Waals surface area contributed by atoms with Crippen LogP contribution in [0.3, 0.4) is 0 Å². The van der Waals surface area contributed by atoms with Crippen LogP contribution in [0.15, 0.2) is 12.3 Å². The lowest BCUT2D eigenvalue weighted by Gasteiger charge is -2.14. The summed E-state index contributed by atoms with van der Waals surface area (Å²) < 4.78 is 57.5. The molecule has 0 spiro atoms. The van der Waals surface area contributed by atoms with Crippen molar-refractivity contribution in [2.75, 3.05) is 13.1 Å². The lowest BCUT2D eigenvalue weighted by molar-refractivity contribution is -0.0510. The average Bonchev–Trinajstić information content (AvgIpc) is 2.80. The number of hydrogen-bond donors (Lipinski definition) is 1. The minimum Gasteiger partial charge on any atom is -0.377 e. The molecule has 0 unspecified atom stereocenters. The lowest BCUT2D eigenvalue weighted by atomic mass is 10.1. The number of nitrogens with zero attached hydrogens (tertiary/aromatic N) is 1. The summed E-state index contributed by atoms with van der Waals surface area (Å²) in [6, 6.07) is 0. The zero-order valence-corrected chi connectivity index (χ0v) is 12.4. The standard InChI is InChI=1S/C11H21N.CHF3O3S/c1-2-3-4-5-6-9-12-10-7-8-11-12;2-1(3,4)8(5,6)7/h7,10H,2-6,8-9,11H2,1H3;(H,5,6,7). The SMILES string of the molecule is CCCCCCCN1C=CCC1.O=S(=O)(O)C(F)(F)F. The largest absolute Gasteiger partial charge is 0.522 e. The maximum atomic E-state index is 10.7. The van der Waals surface area contributed by atoms with Crippen LogP contribution in [0.1, 0.15) is 45.4 Å². The van der Waals surface area contributed by atoms with E-state index in [-0.39, 0.29) is 0 Å². The molecule has 20 heavy (non-hydrogen) atoms. The minimum absolute atomic E-state index is 1.26. The molecule has 0 aromatic carbocycles. The van der Waals surface area contributed by atoms with Crippen molar-refractivity contribution in [3.63, 3.8) is 0 Å². The Bertz CT molecular complexity index is 380. The van der Waals surface area contributed by atoms with Gasteiger partial charge in [-0.2, -0.15) is 21.6 Å². The van der Waals surface area contributed by atoms with Crippen molar-refractivity contribution in [3.05, 3.63) is 12.3 Å². The zero-order chi connectivity index (χ0) is 15.6. The molecule has 1 aliphatic heterocycles. The van der Waals surface area contributed by atoms with Crippen molar-refractivity contribution in [2.24, 2.45) is 0 Å². The lowest BCUT2D eigenvalue weighted by Crippen LogP contribution is -2.21. The van der Waals surface area contributed by atoms with Gasteiger partial charge >= 0.3 is 15.6 Å². The van der Waals surface area contributed by atoms with Gasteiger partial charge in [0, 0.05) is 13.1 Å². The molecule has 1 N–H and O–H groups in total. The number of unbranched alkanes of at least 4 members (excludes halogenated alkanes) is 4. The van der Waals surface area contributed by atoms with E-state index in [2.05, 4.69) is 24.1 Å². The van der Waals surface area contributed by atoms with E-state index in [1.807, 2.05) is 0 Å². The Labute approximate surface area is 118 Å². The van der Waals surface area contributed by atoms with Crippen molar-refractivity contribution in [1.29, 1.82) is 0 Å². The fourth-order valence-electron chi connectivity index (χ4n) is 1.64. The molecule has 0 saturated carbocycles. The molecule has 1 aliphatic rings. The van der Waals surface area contributed by atoms with Crippen molar-refractivity contribution in [2.45, 2.75) is 51.0 Å². The van der Waals surface area contributed by atoms with E-state index in [0.29, 0.717) is 0 Å². The Morgan fingerprint density at radius 3 is 2.15 bits per heavy atom. The number of hydrogen-bond acceptors (Lipinski definition) is 3. The fraction of sp³-hybridized carbons (Fsp3) is 0.833. The van der Waals surface area contributed by atoms with Crippen LogP contribution >= 0.6 is 0 Å². The van der Waals surface area contributed by atoms with Crippen LogP contribution in [0.5, 0.6) is 0 Å². The molecule has 0 aromatic heterocycles. The van der Waals surface area contributed by atoms with Gasteiger partial charge in [-0.05, 0) is 19.0 Å². The second kappa shape index (κ2) is 9.23. The van der Waals surface area contributed by atoms with E-state index >= 15 is 0 Å². The molecule has 0 atom stereocenters. The Kier molecular flexibility index (Phi) is 8.88. The second-order valence-electron chi connectivity index (χ2n) is 4.54. The van der Waals surface area contributed by atoms with E-state index in [4.69, 9.17) is 13.0 Å². The molecule has 0 saturated heterocycles. The van der Waals surface area contributed by atoms with E-state index in [1.165, 1.54) is 51.6 Å². The van der Waals surface area contributed by atoms with Crippen molar-refractivity contribution < 1.29 is 26.1 Å². The highest BCUT2D eigenvalue weighted by atomic mass is 32.2. The summed E-state index contributed by atoms with van der Waals surface area (Å²) >= 11 is 0. The predicted molar refractivity (Wildman–Crippen MR) is 71.7 cm³/mol. The maximum absolute atomic E-state index is 10.7. The second-order valence-corrected chi connectivity index (χ2v) is 5.96. The van der Waals surface area contributed by atoms with Gasteiger partial charge < -0.3 is 4.90 Å². The summed E-state index contributed by atoms with van der Waals surface area (Å²) in [5, 5.41) is 0. The van der Waals surface area contributed by atoms with Crippen LogP contribution in [0, 0.1) is 0 Å².